The van der Waals surface area contributed by atoms with Gasteiger partial charge in [-0.15, -0.1) is 0 Å². The van der Waals surface area contributed by atoms with Crippen molar-refractivity contribution in [2.75, 3.05) is 18.4 Å². The molecule has 1 aliphatic heterocycles. The van der Waals surface area contributed by atoms with Gasteiger partial charge in [0.15, 0.2) is 0 Å². The maximum atomic E-state index is 11.2. The molecule has 3 rings (SSSR count). The van der Waals surface area contributed by atoms with Gasteiger partial charge in [0, 0.05) is 45.7 Å². The maximum Gasteiger partial charge on any atom is 0.222 e. The van der Waals surface area contributed by atoms with Crippen molar-refractivity contribution in [2.45, 2.75) is 26.8 Å². The number of aryl methyl sites for hydroxylation is 2. The first-order valence-corrected chi connectivity index (χ1v) is 7.67. The average Bonchev–Trinajstić information content (AvgIpc) is 3.06. The molecule has 0 saturated carbocycles. The number of amides is 1. The fraction of sp³-hybridized carbons (Fsp3) is 0.438. The molecule has 0 spiro atoms. The van der Waals surface area contributed by atoms with Gasteiger partial charge in [-0.2, -0.15) is 5.10 Å². The van der Waals surface area contributed by atoms with E-state index in [0.29, 0.717) is 5.82 Å². The van der Waals surface area contributed by atoms with Crippen LogP contribution >= 0.6 is 0 Å². The standard InChI is InChI=1S/C16H21N5O2/c1-11-7-14(19-23-11)10-21-6-4-5-13(9-21)15-8-16(17-12(2)22)20(3)18-15/h5,7-8H,4,6,9-10H2,1-3H3,(H,17,22). The maximum absolute atomic E-state index is 11.2. The molecule has 23 heavy (non-hydrogen) atoms. The summed E-state index contributed by atoms with van der Waals surface area (Å²) < 4.78 is 6.82. The third kappa shape index (κ3) is 3.68. The lowest BCUT2D eigenvalue weighted by atomic mass is 10.1. The molecule has 0 unspecified atom stereocenters. The second-order valence-electron chi connectivity index (χ2n) is 5.88. The van der Waals surface area contributed by atoms with Crippen molar-refractivity contribution >= 4 is 17.3 Å². The zero-order chi connectivity index (χ0) is 16.4. The minimum Gasteiger partial charge on any atom is -0.361 e. The molecule has 1 N–H and O–H groups in total. The van der Waals surface area contributed by atoms with Crippen LogP contribution in [-0.2, 0) is 18.4 Å². The van der Waals surface area contributed by atoms with Crippen LogP contribution < -0.4 is 5.32 Å². The number of nitrogens with one attached hydrogen (secondary N) is 1. The van der Waals surface area contributed by atoms with Gasteiger partial charge >= 0.3 is 0 Å². The van der Waals surface area contributed by atoms with E-state index in [-0.39, 0.29) is 5.91 Å². The van der Waals surface area contributed by atoms with Gasteiger partial charge in [-0.25, -0.2) is 0 Å². The summed E-state index contributed by atoms with van der Waals surface area (Å²) >= 11 is 0. The lowest BCUT2D eigenvalue weighted by Crippen LogP contribution is -2.29. The highest BCUT2D eigenvalue weighted by molar-refractivity contribution is 5.88. The van der Waals surface area contributed by atoms with Crippen molar-refractivity contribution in [3.63, 3.8) is 0 Å². The second-order valence-corrected chi connectivity index (χ2v) is 5.88. The first kappa shape index (κ1) is 15.5. The summed E-state index contributed by atoms with van der Waals surface area (Å²) in [5.41, 5.74) is 3.02. The summed E-state index contributed by atoms with van der Waals surface area (Å²) in [4.78, 5) is 13.5. The summed E-state index contributed by atoms with van der Waals surface area (Å²) in [5.74, 6) is 1.44. The van der Waals surface area contributed by atoms with E-state index in [4.69, 9.17) is 4.52 Å². The Labute approximate surface area is 134 Å². The number of carbonyl (C=O) groups is 1. The Kier molecular flexibility index (Phi) is 4.29. The zero-order valence-electron chi connectivity index (χ0n) is 13.7. The molecule has 3 heterocycles. The fourth-order valence-corrected chi connectivity index (χ4v) is 2.77. The van der Waals surface area contributed by atoms with Crippen LogP contribution in [0.5, 0.6) is 0 Å². The van der Waals surface area contributed by atoms with Crippen molar-refractivity contribution in [1.29, 1.82) is 0 Å². The van der Waals surface area contributed by atoms with E-state index < -0.39 is 0 Å². The van der Waals surface area contributed by atoms with Crippen LogP contribution in [-0.4, -0.2) is 38.8 Å². The molecule has 0 aliphatic carbocycles. The molecule has 7 nitrogen and oxygen atoms in total. The Morgan fingerprint density at radius 1 is 1.43 bits per heavy atom. The van der Waals surface area contributed by atoms with E-state index in [9.17, 15) is 4.79 Å². The van der Waals surface area contributed by atoms with E-state index in [2.05, 4.69) is 26.5 Å². The normalized spacial score (nSPS) is 15.5. The molecule has 1 amide bonds. The van der Waals surface area contributed by atoms with Gasteiger partial charge in [0.1, 0.15) is 11.6 Å². The van der Waals surface area contributed by atoms with Crippen molar-refractivity contribution in [1.82, 2.24) is 19.8 Å². The molecular formula is C16H21N5O2. The second kappa shape index (κ2) is 6.37. The minimum atomic E-state index is -0.0970. The Morgan fingerprint density at radius 2 is 2.26 bits per heavy atom. The molecule has 0 aromatic carbocycles. The molecule has 0 atom stereocenters. The number of hydrogen-bond donors (Lipinski definition) is 1. The van der Waals surface area contributed by atoms with Crippen LogP contribution in [0.25, 0.3) is 5.57 Å². The summed E-state index contributed by atoms with van der Waals surface area (Å²) in [7, 11) is 1.83. The van der Waals surface area contributed by atoms with Crippen molar-refractivity contribution in [2.24, 2.45) is 7.05 Å². The van der Waals surface area contributed by atoms with Gasteiger partial charge in [-0.1, -0.05) is 11.2 Å². The molecule has 0 bridgehead atoms. The first-order chi connectivity index (χ1) is 11.0. The van der Waals surface area contributed by atoms with Crippen LogP contribution in [0, 0.1) is 6.92 Å². The molecule has 2 aromatic rings. The largest absolute Gasteiger partial charge is 0.361 e. The summed E-state index contributed by atoms with van der Waals surface area (Å²) in [6.07, 6.45) is 3.18. The summed E-state index contributed by atoms with van der Waals surface area (Å²) in [5, 5.41) is 11.3. The predicted molar refractivity (Wildman–Crippen MR) is 86.6 cm³/mol. The minimum absolute atomic E-state index is 0.0970. The van der Waals surface area contributed by atoms with Crippen LogP contribution in [0.4, 0.5) is 5.82 Å². The molecule has 0 radical (unpaired) electrons. The Hall–Kier alpha value is -2.41. The quantitative estimate of drug-likeness (QED) is 0.933. The monoisotopic (exact) mass is 315 g/mol. The van der Waals surface area contributed by atoms with E-state index in [1.807, 2.05) is 26.1 Å². The van der Waals surface area contributed by atoms with Gasteiger partial charge < -0.3 is 9.84 Å². The van der Waals surface area contributed by atoms with Crippen LogP contribution in [0.15, 0.2) is 22.7 Å². The highest BCUT2D eigenvalue weighted by atomic mass is 16.5. The SMILES string of the molecule is CC(=O)Nc1cc(C2=CCCN(Cc3cc(C)on3)C2)nn1C. The third-order valence-electron chi connectivity index (χ3n) is 3.81. The third-order valence-corrected chi connectivity index (χ3v) is 3.81. The number of hydrogen-bond acceptors (Lipinski definition) is 5. The zero-order valence-corrected chi connectivity index (χ0v) is 13.7. The molecule has 122 valence electrons. The Bertz CT molecular complexity index is 743. The fourth-order valence-electron chi connectivity index (χ4n) is 2.77. The molecular weight excluding hydrogens is 294 g/mol. The van der Waals surface area contributed by atoms with Gasteiger partial charge in [0.2, 0.25) is 5.91 Å². The van der Waals surface area contributed by atoms with Gasteiger partial charge in [0.25, 0.3) is 0 Å². The average molecular weight is 315 g/mol. The van der Waals surface area contributed by atoms with Gasteiger partial charge in [-0.3, -0.25) is 14.4 Å². The summed E-state index contributed by atoms with van der Waals surface area (Å²) in [6.45, 7) is 5.95. The smallest absolute Gasteiger partial charge is 0.222 e. The number of rotatable bonds is 4. The highest BCUT2D eigenvalue weighted by Gasteiger charge is 2.18. The first-order valence-electron chi connectivity index (χ1n) is 7.67. The molecule has 1 aliphatic rings. The van der Waals surface area contributed by atoms with Gasteiger partial charge in [-0.05, 0) is 18.9 Å². The van der Waals surface area contributed by atoms with E-state index in [1.54, 1.807) is 4.68 Å². The van der Waals surface area contributed by atoms with Crippen LogP contribution in [0.3, 0.4) is 0 Å². The summed E-state index contributed by atoms with van der Waals surface area (Å²) in [6, 6.07) is 3.88. The number of aromatic nitrogens is 3. The Balaban J connectivity index is 1.71. The molecule has 7 heteroatoms. The van der Waals surface area contributed by atoms with Crippen molar-refractivity contribution in [3.8, 4) is 0 Å². The Morgan fingerprint density at radius 3 is 2.96 bits per heavy atom. The van der Waals surface area contributed by atoms with E-state index >= 15 is 0 Å². The van der Waals surface area contributed by atoms with Crippen molar-refractivity contribution < 1.29 is 9.32 Å². The molecule has 0 saturated heterocycles. The van der Waals surface area contributed by atoms with E-state index in [1.165, 1.54) is 12.5 Å². The lowest BCUT2D eigenvalue weighted by molar-refractivity contribution is -0.114. The van der Waals surface area contributed by atoms with Crippen molar-refractivity contribution in [3.05, 3.63) is 35.4 Å². The molecule has 2 aromatic heterocycles. The number of anilines is 1. The topological polar surface area (TPSA) is 76.2 Å². The van der Waals surface area contributed by atoms with Gasteiger partial charge in [0.05, 0.1) is 11.4 Å². The van der Waals surface area contributed by atoms with Crippen LogP contribution in [0.2, 0.25) is 0 Å². The number of nitrogens with zero attached hydrogens (tertiary/aromatic N) is 4. The highest BCUT2D eigenvalue weighted by Crippen LogP contribution is 2.23. The van der Waals surface area contributed by atoms with E-state index in [0.717, 1.165) is 43.2 Å². The molecule has 0 fully saturated rings. The predicted octanol–water partition coefficient (Wildman–Crippen LogP) is 1.96. The lowest BCUT2D eigenvalue weighted by Gasteiger charge is -2.25. The van der Waals surface area contributed by atoms with Crippen LogP contribution in [0.1, 0.15) is 30.5 Å². The number of carbonyl (C=O) groups excluding carboxylic acids is 1.